The smallest absolute Gasteiger partial charge is 0.262 e. The number of nitrogens with one attached hydrogen (secondary N) is 1. The molecule has 0 bridgehead atoms. The number of hydrogen-bond acceptors (Lipinski definition) is 4. The van der Waals surface area contributed by atoms with Crippen molar-refractivity contribution < 1.29 is 0 Å². The van der Waals surface area contributed by atoms with Crippen LogP contribution in [0.4, 0.5) is 5.95 Å². The van der Waals surface area contributed by atoms with Gasteiger partial charge in [0.25, 0.3) is 5.56 Å². The second-order valence-corrected chi connectivity index (χ2v) is 8.51. The molecule has 0 atom stereocenters. The summed E-state index contributed by atoms with van der Waals surface area (Å²) in [6, 6.07) is 19.9. The summed E-state index contributed by atoms with van der Waals surface area (Å²) in [4.78, 5) is 27.3. The lowest BCUT2D eigenvalue weighted by molar-refractivity contribution is 0.400. The summed E-state index contributed by atoms with van der Waals surface area (Å²) in [6.07, 6.45) is 4.96. The fourth-order valence-corrected chi connectivity index (χ4v) is 4.49. The minimum atomic E-state index is -0.163. The monoisotopic (exact) mass is 430 g/mol. The average molecular weight is 431 g/mol. The molecular weight excluding hydrogens is 408 g/mol. The van der Waals surface area contributed by atoms with Crippen LogP contribution in [-0.2, 0) is 6.42 Å². The second-order valence-electron chi connectivity index (χ2n) is 8.07. The fourth-order valence-electron chi connectivity index (χ4n) is 4.37. The number of benzene rings is 2. The third kappa shape index (κ3) is 4.19. The minimum Gasteiger partial charge on any atom is -0.342 e. The Bertz CT molecular complexity index is 1250. The Morgan fingerprint density at radius 3 is 2.48 bits per heavy atom. The SMILES string of the molecule is O=c1[nH]c(N2CCC(Cc3ccccc3)CC2)nc2nccc(-c3ccc(Cl)cc3)c12. The van der Waals surface area contributed by atoms with E-state index in [9.17, 15) is 4.79 Å². The van der Waals surface area contributed by atoms with Crippen LogP contribution in [0.3, 0.4) is 0 Å². The van der Waals surface area contributed by atoms with Gasteiger partial charge in [-0.05, 0) is 60.1 Å². The van der Waals surface area contributed by atoms with Crippen LogP contribution in [0.2, 0.25) is 5.02 Å². The standard InChI is InChI=1S/C25H23ClN4O/c26-20-8-6-19(7-9-20)21-10-13-27-23-22(21)24(31)29-25(28-23)30-14-11-18(12-15-30)16-17-4-2-1-3-5-17/h1-10,13,18H,11-12,14-16H2,(H,27,28,29,31). The van der Waals surface area contributed by atoms with Crippen LogP contribution < -0.4 is 10.5 Å². The highest BCUT2D eigenvalue weighted by Crippen LogP contribution is 2.28. The maximum Gasteiger partial charge on any atom is 0.262 e. The Kier molecular flexibility index (Phi) is 5.43. The quantitative estimate of drug-likeness (QED) is 0.489. The van der Waals surface area contributed by atoms with Crippen molar-refractivity contribution in [2.45, 2.75) is 19.3 Å². The molecule has 2 aromatic heterocycles. The molecule has 0 amide bonds. The van der Waals surface area contributed by atoms with Crippen molar-refractivity contribution in [3.8, 4) is 11.1 Å². The van der Waals surface area contributed by atoms with Gasteiger partial charge in [0.2, 0.25) is 5.95 Å². The first-order chi connectivity index (χ1) is 15.2. The lowest BCUT2D eigenvalue weighted by atomic mass is 9.90. The number of pyridine rings is 1. The van der Waals surface area contributed by atoms with E-state index < -0.39 is 0 Å². The summed E-state index contributed by atoms with van der Waals surface area (Å²) >= 11 is 6.01. The van der Waals surface area contributed by atoms with Crippen LogP contribution in [0.25, 0.3) is 22.2 Å². The van der Waals surface area contributed by atoms with E-state index in [1.54, 1.807) is 6.20 Å². The van der Waals surface area contributed by atoms with Crippen molar-refractivity contribution in [3.63, 3.8) is 0 Å². The van der Waals surface area contributed by atoms with Crippen LogP contribution >= 0.6 is 11.6 Å². The number of piperidine rings is 1. The van der Waals surface area contributed by atoms with E-state index in [4.69, 9.17) is 16.6 Å². The first-order valence-corrected chi connectivity index (χ1v) is 11.0. The average Bonchev–Trinajstić information content (AvgIpc) is 2.80. The van der Waals surface area contributed by atoms with Gasteiger partial charge >= 0.3 is 0 Å². The molecule has 1 aliphatic heterocycles. The fraction of sp³-hybridized carbons (Fsp3) is 0.240. The lowest BCUT2D eigenvalue weighted by Gasteiger charge is -2.32. The predicted molar refractivity (Wildman–Crippen MR) is 126 cm³/mol. The number of aromatic amines is 1. The number of anilines is 1. The molecule has 31 heavy (non-hydrogen) atoms. The summed E-state index contributed by atoms with van der Waals surface area (Å²) in [6.45, 7) is 1.76. The highest BCUT2D eigenvalue weighted by atomic mass is 35.5. The van der Waals surface area contributed by atoms with Crippen molar-refractivity contribution in [1.29, 1.82) is 0 Å². The molecule has 0 aliphatic carbocycles. The van der Waals surface area contributed by atoms with Crippen molar-refractivity contribution in [2.24, 2.45) is 5.92 Å². The van der Waals surface area contributed by atoms with E-state index in [1.165, 1.54) is 5.56 Å². The number of aromatic nitrogens is 3. The zero-order valence-electron chi connectivity index (χ0n) is 17.1. The molecule has 4 aromatic rings. The number of rotatable bonds is 4. The molecule has 6 heteroatoms. The molecule has 2 aromatic carbocycles. The van der Waals surface area contributed by atoms with Gasteiger partial charge in [0.1, 0.15) is 0 Å². The third-order valence-corrected chi connectivity index (χ3v) is 6.28. The molecule has 1 N–H and O–H groups in total. The Labute approximate surface area is 185 Å². The second kappa shape index (κ2) is 8.52. The van der Waals surface area contributed by atoms with E-state index >= 15 is 0 Å². The summed E-state index contributed by atoms with van der Waals surface area (Å²) in [5.74, 6) is 1.26. The molecule has 5 nitrogen and oxygen atoms in total. The molecular formula is C25H23ClN4O. The van der Waals surface area contributed by atoms with Crippen LogP contribution in [-0.4, -0.2) is 28.0 Å². The van der Waals surface area contributed by atoms with Crippen molar-refractivity contribution in [3.05, 3.63) is 87.8 Å². The van der Waals surface area contributed by atoms with Crippen molar-refractivity contribution >= 4 is 28.6 Å². The number of hydrogen-bond donors (Lipinski definition) is 1. The molecule has 0 unspecified atom stereocenters. The van der Waals surface area contributed by atoms with Crippen LogP contribution in [0, 0.1) is 5.92 Å². The van der Waals surface area contributed by atoms with Gasteiger partial charge in [-0.3, -0.25) is 9.78 Å². The molecule has 3 heterocycles. The van der Waals surface area contributed by atoms with E-state index in [0.717, 1.165) is 43.5 Å². The first-order valence-electron chi connectivity index (χ1n) is 10.6. The maximum absolute atomic E-state index is 13.0. The third-order valence-electron chi connectivity index (χ3n) is 6.03. The largest absolute Gasteiger partial charge is 0.342 e. The summed E-state index contributed by atoms with van der Waals surface area (Å²) in [5, 5.41) is 1.17. The number of fused-ring (bicyclic) bond motifs is 1. The molecule has 0 radical (unpaired) electrons. The van der Waals surface area contributed by atoms with Gasteiger partial charge in [-0.15, -0.1) is 0 Å². The van der Waals surface area contributed by atoms with Gasteiger partial charge in [-0.25, -0.2) is 4.98 Å². The zero-order chi connectivity index (χ0) is 21.2. The Balaban J connectivity index is 1.38. The number of H-pyrrole nitrogens is 1. The maximum atomic E-state index is 13.0. The van der Waals surface area contributed by atoms with E-state index in [2.05, 4.69) is 45.2 Å². The highest BCUT2D eigenvalue weighted by Gasteiger charge is 2.22. The minimum absolute atomic E-state index is 0.163. The van der Waals surface area contributed by atoms with Crippen molar-refractivity contribution in [1.82, 2.24) is 15.0 Å². The number of nitrogens with zero attached hydrogens (tertiary/aromatic N) is 3. The van der Waals surface area contributed by atoms with Gasteiger partial charge in [0.05, 0.1) is 5.39 Å². The van der Waals surface area contributed by atoms with Gasteiger partial charge in [0.15, 0.2) is 5.65 Å². The van der Waals surface area contributed by atoms with E-state index in [-0.39, 0.29) is 5.56 Å². The van der Waals surface area contributed by atoms with Crippen LogP contribution in [0.15, 0.2) is 71.7 Å². The van der Waals surface area contributed by atoms with Gasteiger partial charge < -0.3 is 4.90 Å². The summed E-state index contributed by atoms with van der Waals surface area (Å²) < 4.78 is 0. The first kappa shape index (κ1) is 19.8. The van der Waals surface area contributed by atoms with Gasteiger partial charge in [-0.2, -0.15) is 4.98 Å². The van der Waals surface area contributed by atoms with Crippen LogP contribution in [0.5, 0.6) is 0 Å². The molecule has 5 rings (SSSR count). The van der Waals surface area contributed by atoms with Gasteiger partial charge in [-0.1, -0.05) is 54.1 Å². The molecule has 1 fully saturated rings. The molecule has 1 aliphatic rings. The molecule has 0 spiro atoms. The zero-order valence-corrected chi connectivity index (χ0v) is 17.8. The summed E-state index contributed by atoms with van der Waals surface area (Å²) in [7, 11) is 0. The van der Waals surface area contributed by atoms with E-state index in [0.29, 0.717) is 27.9 Å². The van der Waals surface area contributed by atoms with Crippen LogP contribution in [0.1, 0.15) is 18.4 Å². The highest BCUT2D eigenvalue weighted by molar-refractivity contribution is 6.30. The Morgan fingerprint density at radius 1 is 1.00 bits per heavy atom. The van der Waals surface area contributed by atoms with Crippen molar-refractivity contribution in [2.75, 3.05) is 18.0 Å². The van der Waals surface area contributed by atoms with E-state index in [1.807, 2.05) is 30.3 Å². The number of halogens is 1. The Morgan fingerprint density at radius 2 is 1.74 bits per heavy atom. The topological polar surface area (TPSA) is 61.9 Å². The Hall–Kier alpha value is -3.18. The predicted octanol–water partition coefficient (Wildman–Crippen LogP) is 5.10. The van der Waals surface area contributed by atoms with Gasteiger partial charge in [0, 0.05) is 24.3 Å². The molecule has 0 saturated carbocycles. The normalized spacial score (nSPS) is 14.8. The molecule has 1 saturated heterocycles. The lowest BCUT2D eigenvalue weighted by Crippen LogP contribution is -2.36. The molecule has 156 valence electrons. The summed E-state index contributed by atoms with van der Waals surface area (Å²) in [5.41, 5.74) is 3.42.